The van der Waals surface area contributed by atoms with Gasteiger partial charge in [0.1, 0.15) is 0 Å². The molecule has 0 radical (unpaired) electrons. The van der Waals surface area contributed by atoms with Crippen LogP contribution >= 0.6 is 0 Å². The quantitative estimate of drug-likeness (QED) is 0.262. The molecule has 5 nitrogen and oxygen atoms in total. The Morgan fingerprint density at radius 1 is 0.960 bits per heavy atom. The van der Waals surface area contributed by atoms with Gasteiger partial charge in [0, 0.05) is 0 Å². The molecule has 1 aromatic rings. The van der Waals surface area contributed by atoms with Crippen molar-refractivity contribution in [3.8, 4) is 17.2 Å². The van der Waals surface area contributed by atoms with E-state index in [0.717, 1.165) is 37.7 Å². The molecule has 25 heavy (non-hydrogen) atoms. The van der Waals surface area contributed by atoms with Gasteiger partial charge in [0.2, 0.25) is 5.75 Å². The van der Waals surface area contributed by atoms with Gasteiger partial charge in [-0.2, -0.15) is 0 Å². The van der Waals surface area contributed by atoms with Gasteiger partial charge >= 0.3 is 6.16 Å². The van der Waals surface area contributed by atoms with Gasteiger partial charge in [0.25, 0.3) is 0 Å². The van der Waals surface area contributed by atoms with E-state index in [1.165, 1.54) is 38.2 Å². The fourth-order valence-corrected chi connectivity index (χ4v) is 2.73. The minimum absolute atomic E-state index is 0.0812. The molecular weight excluding hydrogens is 320 g/mol. The van der Waals surface area contributed by atoms with Crippen molar-refractivity contribution in [1.29, 1.82) is 0 Å². The molecule has 5 heteroatoms. The van der Waals surface area contributed by atoms with Crippen LogP contribution in [0.3, 0.4) is 0 Å². The van der Waals surface area contributed by atoms with E-state index >= 15 is 0 Å². The first-order valence-corrected chi connectivity index (χ1v) is 9.48. The van der Waals surface area contributed by atoms with Crippen LogP contribution in [0.2, 0.25) is 0 Å². The zero-order chi connectivity index (χ0) is 18.5. The van der Waals surface area contributed by atoms with E-state index in [1.54, 1.807) is 6.07 Å². The number of carbonyl (C=O) groups is 1. The molecule has 0 unspecified atom stereocenters. The molecule has 1 rings (SSSR count). The summed E-state index contributed by atoms with van der Waals surface area (Å²) in [5.74, 6) is 0.0550. The summed E-state index contributed by atoms with van der Waals surface area (Å²) in [6.45, 7) is 4.82. The molecular formula is C20H32O5. The second-order valence-electron chi connectivity index (χ2n) is 6.34. The van der Waals surface area contributed by atoms with E-state index in [9.17, 15) is 9.90 Å². The van der Waals surface area contributed by atoms with Gasteiger partial charge in [-0.3, -0.25) is 0 Å². The molecule has 0 atom stereocenters. The Labute approximate surface area is 151 Å². The first-order chi connectivity index (χ1) is 12.1. The third kappa shape index (κ3) is 8.14. The normalized spacial score (nSPS) is 10.6. The zero-order valence-corrected chi connectivity index (χ0v) is 15.6. The third-order valence-corrected chi connectivity index (χ3v) is 4.17. The molecule has 0 saturated carbocycles. The van der Waals surface area contributed by atoms with Crippen molar-refractivity contribution >= 4 is 6.16 Å². The third-order valence-electron chi connectivity index (χ3n) is 4.17. The van der Waals surface area contributed by atoms with E-state index < -0.39 is 6.16 Å². The van der Waals surface area contributed by atoms with E-state index in [0.29, 0.717) is 12.4 Å². The summed E-state index contributed by atoms with van der Waals surface area (Å²) in [6, 6.07) is 3.25. The molecule has 0 saturated heterocycles. The maximum Gasteiger partial charge on any atom is 0.511 e. The van der Waals surface area contributed by atoms with Crippen molar-refractivity contribution in [3.05, 3.63) is 17.7 Å². The molecule has 0 fully saturated rings. The van der Waals surface area contributed by atoms with Crippen LogP contribution in [0.25, 0.3) is 0 Å². The fraction of sp³-hybridized carbons (Fsp3) is 0.650. The number of ether oxygens (including phenoxy) is 2. The molecule has 2 N–H and O–H groups in total. The average Bonchev–Trinajstić information content (AvgIpc) is 2.58. The Morgan fingerprint density at radius 2 is 1.60 bits per heavy atom. The number of phenols is 1. The summed E-state index contributed by atoms with van der Waals surface area (Å²) in [6.07, 6.45) is 9.63. The molecule has 0 spiro atoms. The summed E-state index contributed by atoms with van der Waals surface area (Å²) in [5, 5.41) is 19.1. The van der Waals surface area contributed by atoms with Crippen molar-refractivity contribution < 1.29 is 24.5 Å². The molecule has 0 heterocycles. The number of phenolic OH excluding ortho intramolecular Hbond substituents is 1. The summed E-state index contributed by atoms with van der Waals surface area (Å²) in [5.41, 5.74) is 0.889. The number of hydrogen-bond acceptors (Lipinski definition) is 4. The van der Waals surface area contributed by atoms with Crippen molar-refractivity contribution in [2.45, 2.75) is 78.1 Å². The van der Waals surface area contributed by atoms with Crippen LogP contribution in [0.4, 0.5) is 4.79 Å². The maximum absolute atomic E-state index is 10.7. The van der Waals surface area contributed by atoms with Crippen LogP contribution in [0.1, 0.15) is 77.2 Å². The Morgan fingerprint density at radius 3 is 2.24 bits per heavy atom. The topological polar surface area (TPSA) is 76.0 Å². The first kappa shape index (κ1) is 21.1. The number of aromatic hydroxyl groups is 1. The lowest BCUT2D eigenvalue weighted by atomic mass is 10.1. The van der Waals surface area contributed by atoms with Gasteiger partial charge < -0.3 is 19.7 Å². The molecule has 0 amide bonds. The predicted octanol–water partition coefficient (Wildman–Crippen LogP) is 5.92. The highest BCUT2D eigenvalue weighted by atomic mass is 16.7. The van der Waals surface area contributed by atoms with E-state index in [-0.39, 0.29) is 11.5 Å². The summed E-state index contributed by atoms with van der Waals surface area (Å²) in [4.78, 5) is 10.7. The van der Waals surface area contributed by atoms with Gasteiger partial charge in [0.15, 0.2) is 11.5 Å². The summed E-state index contributed by atoms with van der Waals surface area (Å²) >= 11 is 0. The Kier molecular flexibility index (Phi) is 10.5. The lowest BCUT2D eigenvalue weighted by Gasteiger charge is -2.15. The van der Waals surface area contributed by atoms with Gasteiger partial charge in [-0.15, -0.1) is 0 Å². The van der Waals surface area contributed by atoms with Crippen LogP contribution < -0.4 is 9.47 Å². The highest BCUT2D eigenvalue weighted by Crippen LogP contribution is 2.40. The number of unbranched alkanes of at least 4 members (excludes halogenated alkanes) is 7. The number of hydrogen-bond donors (Lipinski definition) is 2. The second kappa shape index (κ2) is 12.5. The van der Waals surface area contributed by atoms with Crippen LogP contribution in [-0.4, -0.2) is 23.0 Å². The van der Waals surface area contributed by atoms with Gasteiger partial charge in [-0.1, -0.05) is 64.9 Å². The second-order valence-corrected chi connectivity index (χ2v) is 6.34. The first-order valence-electron chi connectivity index (χ1n) is 9.48. The number of aryl methyl sites for hydroxylation is 1. The van der Waals surface area contributed by atoms with Crippen molar-refractivity contribution in [3.63, 3.8) is 0 Å². The Hall–Kier alpha value is -1.91. The molecule has 0 aromatic heterocycles. The highest BCUT2D eigenvalue weighted by Gasteiger charge is 2.17. The molecule has 0 aliphatic rings. The SMILES string of the molecule is CCCCCCCCCOc1c(CCCC)ccc(OC(=O)O)c1O. The van der Waals surface area contributed by atoms with Crippen molar-refractivity contribution in [1.82, 2.24) is 0 Å². The lowest BCUT2D eigenvalue weighted by Crippen LogP contribution is -2.06. The minimum Gasteiger partial charge on any atom is -0.502 e. The smallest absolute Gasteiger partial charge is 0.502 e. The molecule has 142 valence electrons. The molecule has 0 aliphatic carbocycles. The standard InChI is InChI=1S/C20H32O5/c1-3-5-7-8-9-10-11-15-24-19-16(12-6-4-2)13-14-17(18(19)21)25-20(22)23/h13-14,21H,3-12,15H2,1-2H3,(H,22,23). The summed E-state index contributed by atoms with van der Waals surface area (Å²) < 4.78 is 10.4. The van der Waals surface area contributed by atoms with E-state index in [4.69, 9.17) is 9.84 Å². The van der Waals surface area contributed by atoms with Gasteiger partial charge in [0.05, 0.1) is 6.61 Å². The summed E-state index contributed by atoms with van der Waals surface area (Å²) in [7, 11) is 0. The Bertz CT molecular complexity index is 513. The van der Waals surface area contributed by atoms with Crippen LogP contribution in [0.15, 0.2) is 12.1 Å². The molecule has 0 aliphatic heterocycles. The monoisotopic (exact) mass is 352 g/mol. The van der Waals surface area contributed by atoms with E-state index in [2.05, 4.69) is 18.6 Å². The average molecular weight is 352 g/mol. The van der Waals surface area contributed by atoms with Gasteiger partial charge in [-0.05, 0) is 30.9 Å². The number of carboxylic acid groups (broad SMARTS) is 1. The van der Waals surface area contributed by atoms with Gasteiger partial charge in [-0.25, -0.2) is 4.79 Å². The molecule has 1 aromatic carbocycles. The lowest BCUT2D eigenvalue weighted by molar-refractivity contribution is 0.142. The fourth-order valence-electron chi connectivity index (χ4n) is 2.73. The maximum atomic E-state index is 10.7. The molecule has 0 bridgehead atoms. The van der Waals surface area contributed by atoms with Crippen LogP contribution in [-0.2, 0) is 6.42 Å². The number of benzene rings is 1. The largest absolute Gasteiger partial charge is 0.511 e. The predicted molar refractivity (Wildman–Crippen MR) is 98.9 cm³/mol. The van der Waals surface area contributed by atoms with Crippen LogP contribution in [0, 0.1) is 0 Å². The minimum atomic E-state index is -1.45. The van der Waals surface area contributed by atoms with Crippen LogP contribution in [0.5, 0.6) is 17.2 Å². The van der Waals surface area contributed by atoms with E-state index in [1.807, 2.05) is 0 Å². The van der Waals surface area contributed by atoms with Crippen molar-refractivity contribution in [2.75, 3.05) is 6.61 Å². The Balaban J connectivity index is 2.59. The van der Waals surface area contributed by atoms with Crippen molar-refractivity contribution in [2.24, 2.45) is 0 Å². The number of rotatable bonds is 13. The highest BCUT2D eigenvalue weighted by molar-refractivity contribution is 5.65. The zero-order valence-electron chi connectivity index (χ0n) is 15.6.